The van der Waals surface area contributed by atoms with Crippen molar-refractivity contribution in [1.29, 1.82) is 0 Å². The van der Waals surface area contributed by atoms with E-state index in [2.05, 4.69) is 31.4 Å². The second kappa shape index (κ2) is 6.24. The molecule has 2 bridgehead atoms. The van der Waals surface area contributed by atoms with Crippen LogP contribution >= 0.6 is 0 Å². The molecule has 2 atom stereocenters. The first-order valence-corrected chi connectivity index (χ1v) is 8.28. The Balaban J connectivity index is 1.68. The fraction of sp³-hybridized carbons (Fsp3) is 0.923. The second-order valence-electron chi connectivity index (χ2n) is 6.41. The fourth-order valence-corrected chi connectivity index (χ4v) is 3.48. The summed E-state index contributed by atoms with van der Waals surface area (Å²) in [5.74, 6) is 0. The molecule has 19 heavy (non-hydrogen) atoms. The summed E-state index contributed by atoms with van der Waals surface area (Å²) in [6.45, 7) is 10.6. The molecule has 2 radical (unpaired) electrons. The lowest BCUT2D eigenvalue weighted by molar-refractivity contribution is 0.0779. The van der Waals surface area contributed by atoms with Gasteiger partial charge in [-0.3, -0.25) is 0 Å². The van der Waals surface area contributed by atoms with Crippen LogP contribution in [0.2, 0.25) is 11.1 Å². The van der Waals surface area contributed by atoms with Crippen molar-refractivity contribution in [3.05, 3.63) is 0 Å². The summed E-state index contributed by atoms with van der Waals surface area (Å²) in [5.41, 5.74) is 0. The highest BCUT2D eigenvalue weighted by atomic mass is 28.2. The maximum Gasteiger partial charge on any atom is 0.409 e. The van der Waals surface area contributed by atoms with Gasteiger partial charge in [0.15, 0.2) is 0 Å². The highest BCUT2D eigenvalue weighted by Gasteiger charge is 2.32. The van der Waals surface area contributed by atoms with Crippen LogP contribution in [0.15, 0.2) is 0 Å². The van der Waals surface area contributed by atoms with Gasteiger partial charge in [-0.15, -0.1) is 0 Å². The van der Waals surface area contributed by atoms with Gasteiger partial charge in [-0.2, -0.15) is 0 Å². The first-order valence-electron chi connectivity index (χ1n) is 7.07. The molecule has 2 aliphatic rings. The number of ether oxygens (including phenoxy) is 1. The minimum absolute atomic E-state index is 0.142. The molecule has 0 aliphatic carbocycles. The number of amides is 1. The molecule has 0 aromatic heterocycles. The summed E-state index contributed by atoms with van der Waals surface area (Å²) in [6.07, 6.45) is -0.142. The van der Waals surface area contributed by atoms with Crippen LogP contribution in [-0.2, 0) is 4.74 Å². The van der Waals surface area contributed by atoms with Crippen LogP contribution in [-0.4, -0.2) is 65.4 Å². The number of nitrogens with zero attached hydrogens (tertiary/aromatic N) is 1. The van der Waals surface area contributed by atoms with Gasteiger partial charge in [-0.05, 0) is 11.1 Å². The zero-order valence-corrected chi connectivity index (χ0v) is 13.2. The van der Waals surface area contributed by atoms with Crippen molar-refractivity contribution < 1.29 is 9.53 Å². The van der Waals surface area contributed by atoms with E-state index in [0.29, 0.717) is 23.7 Å². The first kappa shape index (κ1) is 14.8. The minimum atomic E-state index is -0.142. The molecule has 6 heteroatoms. The molecule has 2 saturated heterocycles. The van der Waals surface area contributed by atoms with E-state index in [4.69, 9.17) is 4.74 Å². The number of carbonyl (C=O) groups is 1. The smallest absolute Gasteiger partial charge is 0.409 e. The molecule has 0 aromatic carbocycles. The average molecular weight is 283 g/mol. The number of piperazine rings is 2. The molecule has 2 fully saturated rings. The highest BCUT2D eigenvalue weighted by Crippen LogP contribution is 2.21. The monoisotopic (exact) mass is 283 g/mol. The van der Waals surface area contributed by atoms with Crippen molar-refractivity contribution in [2.75, 3.05) is 32.8 Å². The fourth-order valence-electron chi connectivity index (χ4n) is 2.53. The number of hydrogen-bond acceptors (Lipinski definition) is 4. The normalized spacial score (nSPS) is 27.2. The van der Waals surface area contributed by atoms with Crippen LogP contribution in [0.1, 0.15) is 20.8 Å². The third kappa shape index (κ3) is 4.78. The summed E-state index contributed by atoms with van der Waals surface area (Å²) in [6, 6.07) is 1.71. The molecular weight excluding hydrogens is 258 g/mol. The van der Waals surface area contributed by atoms with Gasteiger partial charge < -0.3 is 20.3 Å². The Morgan fingerprint density at radius 1 is 1.32 bits per heavy atom. The molecule has 2 rings (SSSR count). The molecule has 2 heterocycles. The van der Waals surface area contributed by atoms with E-state index in [-0.39, 0.29) is 6.09 Å². The van der Waals surface area contributed by atoms with Crippen molar-refractivity contribution in [1.82, 2.24) is 15.5 Å². The van der Waals surface area contributed by atoms with Crippen molar-refractivity contribution >= 4 is 15.6 Å². The molecule has 2 unspecified atom stereocenters. The van der Waals surface area contributed by atoms with E-state index >= 15 is 0 Å². The van der Waals surface area contributed by atoms with Crippen LogP contribution in [0.25, 0.3) is 0 Å². The lowest BCUT2D eigenvalue weighted by Gasteiger charge is -2.42. The Kier molecular flexibility index (Phi) is 4.86. The molecule has 0 spiro atoms. The third-order valence-corrected chi connectivity index (χ3v) is 4.89. The van der Waals surface area contributed by atoms with E-state index in [1.54, 1.807) is 0 Å². The Hall–Kier alpha value is -0.593. The average Bonchev–Trinajstić information content (AvgIpc) is 2.32. The number of rotatable bonds is 3. The zero-order valence-electron chi connectivity index (χ0n) is 12.2. The Bertz CT molecular complexity index is 308. The lowest BCUT2D eigenvalue weighted by atomic mass is 10.1. The number of nitrogens with one attached hydrogen (secondary N) is 2. The largest absolute Gasteiger partial charge is 0.450 e. The van der Waals surface area contributed by atoms with Gasteiger partial charge in [0, 0.05) is 47.8 Å². The Morgan fingerprint density at radius 3 is 2.53 bits per heavy atom. The zero-order chi connectivity index (χ0) is 13.9. The Morgan fingerprint density at radius 2 is 1.95 bits per heavy atom. The van der Waals surface area contributed by atoms with Crippen molar-refractivity contribution in [3.63, 3.8) is 0 Å². The molecule has 0 aromatic rings. The maximum absolute atomic E-state index is 12.0. The van der Waals surface area contributed by atoms with Gasteiger partial charge in [0.05, 0.1) is 6.61 Å². The number of fused-ring (bicyclic) bond motifs is 2. The van der Waals surface area contributed by atoms with E-state index in [9.17, 15) is 4.79 Å². The predicted octanol–water partition coefficient (Wildman–Crippen LogP) is 0.710. The summed E-state index contributed by atoms with van der Waals surface area (Å²) in [4.78, 5) is 13.9. The van der Waals surface area contributed by atoms with Crippen molar-refractivity contribution in [2.45, 2.75) is 43.9 Å². The summed E-state index contributed by atoms with van der Waals surface area (Å²) < 4.78 is 5.39. The SMILES string of the molecule is CC(C)(C)[Si]CCOC(=O)N1CC2CNCC(C1)N2. The van der Waals surface area contributed by atoms with Gasteiger partial charge in [-0.1, -0.05) is 20.8 Å². The molecule has 2 aliphatic heterocycles. The quantitative estimate of drug-likeness (QED) is 0.592. The number of carbonyl (C=O) groups excluding carboxylic acids is 1. The summed E-state index contributed by atoms with van der Waals surface area (Å²) >= 11 is 0. The van der Waals surface area contributed by atoms with E-state index in [1.807, 2.05) is 4.90 Å². The predicted molar refractivity (Wildman–Crippen MR) is 76.8 cm³/mol. The second-order valence-corrected chi connectivity index (χ2v) is 8.77. The van der Waals surface area contributed by atoms with E-state index in [1.165, 1.54) is 0 Å². The first-order chi connectivity index (χ1) is 8.94. The third-order valence-electron chi connectivity index (χ3n) is 3.38. The minimum Gasteiger partial charge on any atom is -0.450 e. The molecule has 2 N–H and O–H groups in total. The standard InChI is InChI=1S/C13H25N3O2Si/c1-13(2,3)19-5-4-18-12(17)16-8-10-6-14-7-11(9-16)15-10/h10-11,14-15H,4-9H2,1-3H3. The van der Waals surface area contributed by atoms with Gasteiger partial charge >= 0.3 is 6.09 Å². The Labute approximate surface area is 118 Å². The van der Waals surface area contributed by atoms with Crippen LogP contribution < -0.4 is 10.6 Å². The lowest BCUT2D eigenvalue weighted by Crippen LogP contribution is -2.67. The number of hydrogen-bond donors (Lipinski definition) is 2. The highest BCUT2D eigenvalue weighted by molar-refractivity contribution is 6.39. The van der Waals surface area contributed by atoms with Crippen LogP contribution in [0.3, 0.4) is 0 Å². The van der Waals surface area contributed by atoms with E-state index < -0.39 is 0 Å². The molecule has 1 amide bonds. The van der Waals surface area contributed by atoms with Gasteiger partial charge in [-0.25, -0.2) is 4.79 Å². The summed E-state index contributed by atoms with van der Waals surface area (Å²) in [7, 11) is 0.834. The molecule has 0 saturated carbocycles. The van der Waals surface area contributed by atoms with E-state index in [0.717, 1.165) is 41.7 Å². The van der Waals surface area contributed by atoms with Gasteiger partial charge in [0.2, 0.25) is 0 Å². The topological polar surface area (TPSA) is 53.6 Å². The van der Waals surface area contributed by atoms with Crippen LogP contribution in [0.5, 0.6) is 0 Å². The van der Waals surface area contributed by atoms with Crippen molar-refractivity contribution in [2.24, 2.45) is 0 Å². The summed E-state index contributed by atoms with van der Waals surface area (Å²) in [5, 5.41) is 7.23. The van der Waals surface area contributed by atoms with Crippen LogP contribution in [0.4, 0.5) is 4.79 Å². The maximum atomic E-state index is 12.0. The molecule has 5 nitrogen and oxygen atoms in total. The van der Waals surface area contributed by atoms with Gasteiger partial charge in [0.1, 0.15) is 0 Å². The van der Waals surface area contributed by atoms with Crippen LogP contribution in [0, 0.1) is 0 Å². The molecule has 108 valence electrons. The van der Waals surface area contributed by atoms with Crippen molar-refractivity contribution in [3.8, 4) is 0 Å². The van der Waals surface area contributed by atoms with Gasteiger partial charge in [0.25, 0.3) is 0 Å². The molecular formula is C13H25N3O2Si.